The number of hydrogen-bond acceptors (Lipinski definition) is 2. The molecule has 0 radical (unpaired) electrons. The van der Waals surface area contributed by atoms with Crippen LogP contribution in [0.5, 0.6) is 0 Å². The van der Waals surface area contributed by atoms with Crippen molar-refractivity contribution in [2.75, 3.05) is 6.54 Å². The lowest BCUT2D eigenvalue weighted by Gasteiger charge is -2.29. The number of halogens is 1. The summed E-state index contributed by atoms with van der Waals surface area (Å²) in [5.41, 5.74) is 8.34. The van der Waals surface area contributed by atoms with E-state index in [9.17, 15) is 4.79 Å². The molecule has 1 atom stereocenters. The molecule has 23 heavy (non-hydrogen) atoms. The Kier molecular flexibility index (Phi) is 6.67. The Bertz CT molecular complexity index is 517. The molecular weight excluding hydrogens is 308 g/mol. The van der Waals surface area contributed by atoms with Crippen molar-refractivity contribution in [2.24, 2.45) is 11.7 Å². The average molecular weight is 339 g/mol. The number of aryl methyl sites for hydroxylation is 1. The van der Waals surface area contributed by atoms with Crippen molar-refractivity contribution in [2.45, 2.75) is 64.3 Å². The van der Waals surface area contributed by atoms with Gasteiger partial charge in [0.15, 0.2) is 0 Å². The van der Waals surface area contributed by atoms with Crippen LogP contribution in [0, 0.1) is 5.92 Å². The fourth-order valence-electron chi connectivity index (χ4n) is 2.85. The van der Waals surface area contributed by atoms with E-state index in [1.54, 1.807) is 0 Å². The average Bonchev–Trinajstić information content (AvgIpc) is 3.29. The van der Waals surface area contributed by atoms with Gasteiger partial charge in [-0.15, -0.1) is 12.4 Å². The summed E-state index contributed by atoms with van der Waals surface area (Å²) < 4.78 is 0. The van der Waals surface area contributed by atoms with E-state index < -0.39 is 0 Å². The summed E-state index contributed by atoms with van der Waals surface area (Å²) in [6.07, 6.45) is 3.67. The molecule has 0 bridgehead atoms. The lowest BCUT2D eigenvalue weighted by Crippen LogP contribution is -2.53. The molecule has 0 heterocycles. The lowest BCUT2D eigenvalue weighted by atomic mass is 9.86. The van der Waals surface area contributed by atoms with Gasteiger partial charge < -0.3 is 11.1 Å². The highest BCUT2D eigenvalue weighted by atomic mass is 35.5. The number of nitrogens with two attached hydrogens (primary N) is 1. The van der Waals surface area contributed by atoms with Gasteiger partial charge in [0.25, 0.3) is 0 Å². The Labute approximate surface area is 146 Å². The van der Waals surface area contributed by atoms with Gasteiger partial charge in [-0.25, -0.2) is 0 Å². The second-order valence-electron chi connectivity index (χ2n) is 7.89. The van der Waals surface area contributed by atoms with Crippen LogP contribution < -0.4 is 11.1 Å². The molecule has 1 aliphatic carbocycles. The van der Waals surface area contributed by atoms with Gasteiger partial charge in [-0.05, 0) is 48.6 Å². The summed E-state index contributed by atoms with van der Waals surface area (Å²) in [6, 6.07) is 8.61. The number of rotatable bonds is 6. The molecule has 3 nitrogen and oxygen atoms in total. The van der Waals surface area contributed by atoms with Crippen molar-refractivity contribution >= 4 is 18.3 Å². The van der Waals surface area contributed by atoms with Crippen LogP contribution in [-0.4, -0.2) is 18.0 Å². The highest BCUT2D eigenvalue weighted by Crippen LogP contribution is 2.39. The van der Waals surface area contributed by atoms with Gasteiger partial charge in [0.2, 0.25) is 5.91 Å². The molecule has 4 heteroatoms. The van der Waals surface area contributed by atoms with Crippen LogP contribution in [0.1, 0.15) is 58.1 Å². The zero-order valence-electron chi connectivity index (χ0n) is 14.8. The normalized spacial score (nSPS) is 17.1. The molecule has 130 valence electrons. The van der Waals surface area contributed by atoms with Crippen molar-refractivity contribution < 1.29 is 4.79 Å². The molecule has 0 aromatic heterocycles. The topological polar surface area (TPSA) is 55.1 Å². The van der Waals surface area contributed by atoms with Crippen molar-refractivity contribution in [3.8, 4) is 0 Å². The van der Waals surface area contributed by atoms with Gasteiger partial charge in [0.05, 0.1) is 5.54 Å². The van der Waals surface area contributed by atoms with Gasteiger partial charge in [0, 0.05) is 13.0 Å². The summed E-state index contributed by atoms with van der Waals surface area (Å²) >= 11 is 0. The zero-order valence-corrected chi connectivity index (χ0v) is 15.6. The molecule has 2 rings (SSSR count). The third-order valence-corrected chi connectivity index (χ3v) is 4.79. The van der Waals surface area contributed by atoms with E-state index in [1.165, 1.54) is 24.0 Å². The molecule has 0 spiro atoms. The fourth-order valence-corrected chi connectivity index (χ4v) is 2.85. The molecule has 3 N–H and O–H groups in total. The van der Waals surface area contributed by atoms with E-state index in [1.807, 2.05) is 0 Å². The minimum Gasteiger partial charge on any atom is -0.349 e. The van der Waals surface area contributed by atoms with Gasteiger partial charge in [-0.2, -0.15) is 0 Å². The van der Waals surface area contributed by atoms with Crippen LogP contribution in [0.2, 0.25) is 0 Å². The quantitative estimate of drug-likeness (QED) is 0.833. The Balaban J connectivity index is 0.00000264. The molecule has 1 saturated carbocycles. The number of nitrogens with one attached hydrogen (secondary N) is 1. The van der Waals surface area contributed by atoms with Crippen LogP contribution in [-0.2, 0) is 16.6 Å². The standard InChI is InChI=1S/C19H30N2O.ClH/c1-18(2,3)15-8-5-14(6-9-15)7-12-17(22)21-19(4,13-20)16-10-11-16;/h5-6,8-9,16H,7,10-13,20H2,1-4H3,(H,21,22);1H. The highest BCUT2D eigenvalue weighted by Gasteiger charge is 2.41. The van der Waals surface area contributed by atoms with Gasteiger partial charge in [-0.3, -0.25) is 4.79 Å². The second-order valence-corrected chi connectivity index (χ2v) is 7.89. The molecule has 1 aliphatic rings. The molecule has 1 unspecified atom stereocenters. The smallest absolute Gasteiger partial charge is 0.220 e. The van der Waals surface area contributed by atoms with Crippen LogP contribution in [0.3, 0.4) is 0 Å². The third-order valence-electron chi connectivity index (χ3n) is 4.79. The van der Waals surface area contributed by atoms with Crippen LogP contribution in [0.25, 0.3) is 0 Å². The molecule has 1 aromatic rings. The number of carbonyl (C=O) groups is 1. The largest absolute Gasteiger partial charge is 0.349 e. The molecular formula is C19H31ClN2O. The van der Waals surface area contributed by atoms with Crippen molar-refractivity contribution in [1.29, 1.82) is 0 Å². The maximum atomic E-state index is 12.2. The lowest BCUT2D eigenvalue weighted by molar-refractivity contribution is -0.123. The monoisotopic (exact) mass is 338 g/mol. The molecule has 1 aromatic carbocycles. The van der Waals surface area contributed by atoms with E-state index >= 15 is 0 Å². The number of benzene rings is 1. The first kappa shape index (κ1) is 20.0. The summed E-state index contributed by atoms with van der Waals surface area (Å²) in [4.78, 5) is 12.2. The maximum absolute atomic E-state index is 12.2. The minimum absolute atomic E-state index is 0. The first-order chi connectivity index (χ1) is 10.2. The van der Waals surface area contributed by atoms with Gasteiger partial charge in [-0.1, -0.05) is 45.0 Å². The number of amides is 1. The van der Waals surface area contributed by atoms with Crippen molar-refractivity contribution in [1.82, 2.24) is 5.32 Å². The SMILES string of the molecule is CC(C)(C)c1ccc(CCC(=O)NC(C)(CN)C2CC2)cc1.Cl. The first-order valence-corrected chi connectivity index (χ1v) is 8.35. The summed E-state index contributed by atoms with van der Waals surface area (Å²) in [7, 11) is 0. The fraction of sp³-hybridized carbons (Fsp3) is 0.632. The van der Waals surface area contributed by atoms with E-state index in [4.69, 9.17) is 5.73 Å². The minimum atomic E-state index is -0.215. The molecule has 0 saturated heterocycles. The third kappa shape index (κ3) is 5.50. The zero-order chi connectivity index (χ0) is 16.4. The van der Waals surface area contributed by atoms with Crippen molar-refractivity contribution in [3.63, 3.8) is 0 Å². The molecule has 0 aliphatic heterocycles. The predicted octanol–water partition coefficient (Wildman–Crippen LogP) is 3.58. The second kappa shape index (κ2) is 7.67. The molecule has 1 fully saturated rings. The van der Waals surface area contributed by atoms with Gasteiger partial charge in [0.1, 0.15) is 0 Å². The summed E-state index contributed by atoms with van der Waals surface area (Å²) in [6.45, 7) is 9.22. The molecule has 1 amide bonds. The highest BCUT2D eigenvalue weighted by molar-refractivity contribution is 5.85. The van der Waals surface area contributed by atoms with Crippen LogP contribution >= 0.6 is 12.4 Å². The maximum Gasteiger partial charge on any atom is 0.220 e. The van der Waals surface area contributed by atoms with Gasteiger partial charge >= 0.3 is 0 Å². The van der Waals surface area contributed by atoms with E-state index in [2.05, 4.69) is 57.3 Å². The Morgan fingerprint density at radius 3 is 2.17 bits per heavy atom. The van der Waals surface area contributed by atoms with E-state index in [0.29, 0.717) is 18.9 Å². The van der Waals surface area contributed by atoms with E-state index in [0.717, 1.165) is 6.42 Å². The van der Waals surface area contributed by atoms with Crippen LogP contribution in [0.4, 0.5) is 0 Å². The Morgan fingerprint density at radius 2 is 1.74 bits per heavy atom. The first-order valence-electron chi connectivity index (χ1n) is 8.35. The Morgan fingerprint density at radius 1 is 1.17 bits per heavy atom. The number of carbonyl (C=O) groups excluding carboxylic acids is 1. The summed E-state index contributed by atoms with van der Waals surface area (Å²) in [5, 5.41) is 3.15. The van der Waals surface area contributed by atoms with Crippen LogP contribution in [0.15, 0.2) is 24.3 Å². The number of hydrogen-bond donors (Lipinski definition) is 2. The van der Waals surface area contributed by atoms with Crippen molar-refractivity contribution in [3.05, 3.63) is 35.4 Å². The Hall–Kier alpha value is -1.06. The summed E-state index contributed by atoms with van der Waals surface area (Å²) in [5.74, 6) is 0.673. The predicted molar refractivity (Wildman–Crippen MR) is 99.0 cm³/mol. The van der Waals surface area contributed by atoms with E-state index in [-0.39, 0.29) is 29.3 Å².